The predicted molar refractivity (Wildman–Crippen MR) is 107 cm³/mol. The van der Waals surface area contributed by atoms with Crippen molar-refractivity contribution in [1.82, 2.24) is 0 Å². The van der Waals surface area contributed by atoms with E-state index in [2.05, 4.69) is 0 Å². The van der Waals surface area contributed by atoms with E-state index in [0.29, 0.717) is 47.5 Å². The van der Waals surface area contributed by atoms with Gasteiger partial charge in [0, 0.05) is 23.5 Å². The Balaban J connectivity index is 0.00000392. The molecule has 1 atom stereocenters. The molecular weight excluding hydrogens is 374 g/mol. The normalized spacial score (nSPS) is 10.3. The Morgan fingerprint density at radius 3 is 1.89 bits per heavy atom. The molecular formula is C20H25LiO6P+. The van der Waals surface area contributed by atoms with Crippen molar-refractivity contribution in [2.45, 2.75) is 13.8 Å². The molecule has 0 fully saturated rings. The molecule has 0 spiro atoms. The van der Waals surface area contributed by atoms with Crippen LogP contribution >= 0.6 is 8.58 Å². The predicted octanol–water partition coefficient (Wildman–Crippen LogP) is 0.658. The fourth-order valence-electron chi connectivity index (χ4n) is 2.55. The van der Waals surface area contributed by atoms with Gasteiger partial charge < -0.3 is 23.7 Å². The summed E-state index contributed by atoms with van der Waals surface area (Å²) in [6, 6.07) is 8.84. The standard InChI is InChI=1S/C20H25O6P.Li/c1-6-25-13-8-9-18(15(10-13)26-7-2)27-20(21)19-16(23-4)11-14(22-3)12-17(19)24-5;/h8-12,27H,6-7H2,1-5H3;/q;+1. The molecule has 1 unspecified atom stereocenters. The fourth-order valence-corrected chi connectivity index (χ4v) is 3.60. The van der Waals surface area contributed by atoms with Crippen LogP contribution in [0.2, 0.25) is 0 Å². The van der Waals surface area contributed by atoms with E-state index < -0.39 is 0 Å². The van der Waals surface area contributed by atoms with E-state index in [4.69, 9.17) is 23.7 Å². The summed E-state index contributed by atoms with van der Waals surface area (Å²) in [4.78, 5) is 13.1. The number of methoxy groups -OCH3 is 3. The summed E-state index contributed by atoms with van der Waals surface area (Å²) in [6.07, 6.45) is 0. The van der Waals surface area contributed by atoms with E-state index in [0.717, 1.165) is 5.30 Å². The Kier molecular flexibility index (Phi) is 10.2. The molecule has 0 saturated heterocycles. The van der Waals surface area contributed by atoms with Crippen molar-refractivity contribution in [3.05, 3.63) is 35.9 Å². The van der Waals surface area contributed by atoms with Crippen LogP contribution in [0.1, 0.15) is 24.2 Å². The Bertz CT molecular complexity index is 771. The summed E-state index contributed by atoms with van der Waals surface area (Å²) in [6.45, 7) is 4.88. The number of ether oxygens (including phenoxy) is 5. The van der Waals surface area contributed by atoms with Gasteiger partial charge in [0.15, 0.2) is 5.52 Å². The average Bonchev–Trinajstić information content (AvgIpc) is 2.69. The van der Waals surface area contributed by atoms with Crippen LogP contribution in [0, 0.1) is 0 Å². The molecule has 0 N–H and O–H groups in total. The van der Waals surface area contributed by atoms with Gasteiger partial charge in [-0.1, -0.05) is 0 Å². The van der Waals surface area contributed by atoms with Crippen molar-refractivity contribution in [1.29, 1.82) is 0 Å². The summed E-state index contributed by atoms with van der Waals surface area (Å²) in [7, 11) is 4.41. The molecule has 0 saturated carbocycles. The summed E-state index contributed by atoms with van der Waals surface area (Å²) in [5.41, 5.74) is 0.270. The van der Waals surface area contributed by atoms with Crippen LogP contribution in [0.15, 0.2) is 30.3 Å². The third-order valence-corrected chi connectivity index (χ3v) is 4.91. The summed E-state index contributed by atoms with van der Waals surface area (Å²) >= 11 is 0. The zero-order valence-corrected chi connectivity index (χ0v) is 18.3. The second-order valence-electron chi connectivity index (χ2n) is 5.39. The van der Waals surface area contributed by atoms with Gasteiger partial charge in [-0.15, -0.1) is 0 Å². The fraction of sp³-hybridized carbons (Fsp3) is 0.350. The van der Waals surface area contributed by atoms with Gasteiger partial charge in [-0.25, -0.2) is 0 Å². The molecule has 0 aliphatic rings. The Morgan fingerprint density at radius 2 is 1.39 bits per heavy atom. The van der Waals surface area contributed by atoms with Gasteiger partial charge in [-0.2, -0.15) is 0 Å². The first-order valence-electron chi connectivity index (χ1n) is 8.58. The van der Waals surface area contributed by atoms with Crippen LogP contribution in [0.3, 0.4) is 0 Å². The number of carbonyl (C=O) groups is 1. The topological polar surface area (TPSA) is 63.2 Å². The van der Waals surface area contributed by atoms with Crippen LogP contribution in [-0.2, 0) is 0 Å². The SMILES string of the molecule is CCOc1ccc(PC(=O)c2c(OC)cc(OC)cc2OC)c(OCC)c1.[Li+]. The number of hydrogen-bond acceptors (Lipinski definition) is 6. The summed E-state index contributed by atoms with van der Waals surface area (Å²) in [5.74, 6) is 2.72. The van der Waals surface area contributed by atoms with Crippen molar-refractivity contribution in [2.24, 2.45) is 0 Å². The molecule has 8 heteroatoms. The molecule has 146 valence electrons. The minimum atomic E-state index is -0.161. The molecule has 2 rings (SSSR count). The van der Waals surface area contributed by atoms with Crippen molar-refractivity contribution in [3.8, 4) is 28.7 Å². The van der Waals surface area contributed by atoms with Crippen LogP contribution in [-0.4, -0.2) is 40.1 Å². The maximum Gasteiger partial charge on any atom is 1.00 e. The van der Waals surface area contributed by atoms with Gasteiger partial charge in [0.2, 0.25) is 0 Å². The maximum absolute atomic E-state index is 13.1. The van der Waals surface area contributed by atoms with Crippen LogP contribution in [0.25, 0.3) is 0 Å². The largest absolute Gasteiger partial charge is 1.00 e. The first-order chi connectivity index (χ1) is 13.1. The van der Waals surface area contributed by atoms with Gasteiger partial charge in [0.1, 0.15) is 34.3 Å². The molecule has 0 bridgehead atoms. The number of rotatable bonds is 10. The van der Waals surface area contributed by atoms with E-state index in [-0.39, 0.29) is 33.0 Å². The Hall–Kier alpha value is -1.86. The molecule has 6 nitrogen and oxygen atoms in total. The summed E-state index contributed by atoms with van der Waals surface area (Å²) < 4.78 is 27.2. The molecule has 0 amide bonds. The van der Waals surface area contributed by atoms with E-state index in [1.165, 1.54) is 14.2 Å². The molecule has 28 heavy (non-hydrogen) atoms. The quantitative estimate of drug-likeness (QED) is 0.432. The Morgan fingerprint density at radius 1 is 0.821 bits per heavy atom. The smallest absolute Gasteiger partial charge is 0.496 e. The van der Waals surface area contributed by atoms with Gasteiger partial charge in [0.05, 0.1) is 34.5 Å². The second kappa shape index (κ2) is 11.9. The van der Waals surface area contributed by atoms with Gasteiger partial charge >= 0.3 is 18.9 Å². The molecule has 0 aliphatic carbocycles. The zero-order chi connectivity index (χ0) is 19.8. The molecule has 0 aromatic heterocycles. The van der Waals surface area contributed by atoms with Gasteiger partial charge in [-0.3, -0.25) is 4.79 Å². The summed E-state index contributed by atoms with van der Waals surface area (Å²) in [5, 5.41) is 0.797. The van der Waals surface area contributed by atoms with Crippen molar-refractivity contribution in [2.75, 3.05) is 34.5 Å². The third-order valence-electron chi connectivity index (χ3n) is 3.75. The molecule has 0 radical (unpaired) electrons. The minimum Gasteiger partial charge on any atom is -0.496 e. The van der Waals surface area contributed by atoms with Crippen LogP contribution in [0.4, 0.5) is 0 Å². The number of hydrogen-bond donors (Lipinski definition) is 0. The molecule has 0 aliphatic heterocycles. The monoisotopic (exact) mass is 399 g/mol. The van der Waals surface area contributed by atoms with Crippen molar-refractivity contribution in [3.63, 3.8) is 0 Å². The average molecular weight is 399 g/mol. The van der Waals surface area contributed by atoms with Crippen molar-refractivity contribution >= 4 is 19.4 Å². The first-order valence-corrected chi connectivity index (χ1v) is 9.58. The third kappa shape index (κ3) is 5.82. The first kappa shape index (κ1) is 24.2. The van der Waals surface area contributed by atoms with E-state index in [1.807, 2.05) is 32.0 Å². The van der Waals surface area contributed by atoms with Crippen LogP contribution < -0.4 is 47.8 Å². The van der Waals surface area contributed by atoms with E-state index in [9.17, 15) is 4.79 Å². The Labute approximate surface area is 179 Å². The van der Waals surface area contributed by atoms with E-state index in [1.54, 1.807) is 19.2 Å². The van der Waals surface area contributed by atoms with Gasteiger partial charge in [0.25, 0.3) is 0 Å². The second-order valence-corrected chi connectivity index (χ2v) is 6.63. The van der Waals surface area contributed by atoms with Crippen molar-refractivity contribution < 1.29 is 47.3 Å². The maximum atomic E-state index is 13.1. The molecule has 0 heterocycles. The molecule has 2 aromatic carbocycles. The minimum absolute atomic E-state index is 0. The number of benzene rings is 2. The van der Waals surface area contributed by atoms with Crippen LogP contribution in [0.5, 0.6) is 28.7 Å². The number of carbonyl (C=O) groups excluding carboxylic acids is 1. The molecule has 2 aromatic rings. The zero-order valence-electron chi connectivity index (χ0n) is 17.3. The van der Waals surface area contributed by atoms with Gasteiger partial charge in [-0.05, 0) is 34.6 Å². The van der Waals surface area contributed by atoms with E-state index >= 15 is 0 Å².